The van der Waals surface area contributed by atoms with Crippen molar-refractivity contribution in [3.63, 3.8) is 0 Å². The number of amides is 2. The molecule has 8 heteroatoms. The molecule has 1 unspecified atom stereocenters. The number of ether oxygens (including phenoxy) is 3. The van der Waals surface area contributed by atoms with Crippen molar-refractivity contribution in [2.45, 2.75) is 20.0 Å². The van der Waals surface area contributed by atoms with Gasteiger partial charge >= 0.3 is 5.97 Å². The van der Waals surface area contributed by atoms with Gasteiger partial charge in [0.1, 0.15) is 17.1 Å². The number of piperazine rings is 1. The fourth-order valence-electron chi connectivity index (χ4n) is 2.82. The van der Waals surface area contributed by atoms with Crippen LogP contribution in [0.4, 0.5) is 0 Å². The van der Waals surface area contributed by atoms with Gasteiger partial charge in [-0.1, -0.05) is 6.07 Å². The van der Waals surface area contributed by atoms with Gasteiger partial charge < -0.3 is 24.0 Å². The van der Waals surface area contributed by atoms with Crippen LogP contribution < -0.4 is 9.47 Å². The number of esters is 1. The first kappa shape index (κ1) is 19.6. The first-order valence-corrected chi connectivity index (χ1v) is 8.35. The maximum Gasteiger partial charge on any atom is 0.346 e. The molecule has 0 aromatic heterocycles. The lowest BCUT2D eigenvalue weighted by atomic mass is 10.1. The molecule has 26 heavy (non-hydrogen) atoms. The van der Waals surface area contributed by atoms with E-state index in [2.05, 4.69) is 0 Å². The third-order valence-corrected chi connectivity index (χ3v) is 4.30. The van der Waals surface area contributed by atoms with Crippen LogP contribution in [0.2, 0.25) is 0 Å². The fourth-order valence-corrected chi connectivity index (χ4v) is 2.82. The molecule has 1 fully saturated rings. The van der Waals surface area contributed by atoms with Crippen molar-refractivity contribution in [2.24, 2.45) is 0 Å². The van der Waals surface area contributed by atoms with Gasteiger partial charge in [0.05, 0.1) is 14.2 Å². The lowest BCUT2D eigenvalue weighted by molar-refractivity contribution is -0.144. The maximum absolute atomic E-state index is 12.5. The van der Waals surface area contributed by atoms with E-state index in [0.717, 1.165) is 0 Å². The summed E-state index contributed by atoms with van der Waals surface area (Å²) in [5.41, 5.74) is 0.138. The summed E-state index contributed by atoms with van der Waals surface area (Å²) in [5, 5.41) is 0. The smallest absolute Gasteiger partial charge is 0.346 e. The summed E-state index contributed by atoms with van der Waals surface area (Å²) >= 11 is 0. The van der Waals surface area contributed by atoms with Crippen molar-refractivity contribution < 1.29 is 28.6 Å². The van der Waals surface area contributed by atoms with E-state index in [4.69, 9.17) is 14.2 Å². The summed E-state index contributed by atoms with van der Waals surface area (Å²) in [7, 11) is 2.88. The van der Waals surface area contributed by atoms with Crippen LogP contribution in [0.3, 0.4) is 0 Å². The molecule has 2 amide bonds. The summed E-state index contributed by atoms with van der Waals surface area (Å²) in [6.07, 6.45) is -0.957. The molecule has 1 saturated heterocycles. The van der Waals surface area contributed by atoms with Crippen molar-refractivity contribution in [3.05, 3.63) is 23.8 Å². The van der Waals surface area contributed by atoms with Crippen LogP contribution >= 0.6 is 0 Å². The number of carbonyl (C=O) groups is 3. The number of benzene rings is 1. The summed E-state index contributed by atoms with van der Waals surface area (Å²) in [5.74, 6) is -0.383. The lowest BCUT2D eigenvalue weighted by Crippen LogP contribution is -2.52. The summed E-state index contributed by atoms with van der Waals surface area (Å²) < 4.78 is 15.7. The molecular formula is C18H24N2O6. The Bertz CT molecular complexity index is 660. The zero-order valence-corrected chi connectivity index (χ0v) is 15.5. The molecule has 0 radical (unpaired) electrons. The Labute approximate surface area is 152 Å². The standard InChI is InChI=1S/C18H24N2O6/c1-12(17(22)20-10-8-19(9-11-20)13(2)21)26-18(23)16-14(24-3)6-5-7-15(16)25-4/h5-7,12H,8-11H2,1-4H3. The van der Waals surface area contributed by atoms with E-state index in [-0.39, 0.29) is 17.4 Å². The summed E-state index contributed by atoms with van der Waals surface area (Å²) in [4.78, 5) is 39.7. The monoisotopic (exact) mass is 364 g/mol. The molecule has 0 saturated carbocycles. The topological polar surface area (TPSA) is 85.4 Å². The van der Waals surface area contributed by atoms with E-state index in [0.29, 0.717) is 37.7 Å². The normalized spacial score (nSPS) is 15.2. The van der Waals surface area contributed by atoms with Crippen molar-refractivity contribution in [1.82, 2.24) is 9.80 Å². The number of nitrogens with zero attached hydrogens (tertiary/aromatic N) is 2. The van der Waals surface area contributed by atoms with Crippen LogP contribution in [0.25, 0.3) is 0 Å². The minimum absolute atomic E-state index is 0.0140. The third-order valence-electron chi connectivity index (χ3n) is 4.30. The molecule has 1 aromatic carbocycles. The molecule has 2 rings (SSSR count). The van der Waals surface area contributed by atoms with Crippen LogP contribution in [0.5, 0.6) is 11.5 Å². The molecule has 0 N–H and O–H groups in total. The SMILES string of the molecule is COc1cccc(OC)c1C(=O)OC(C)C(=O)N1CCN(C(C)=O)CC1. The Morgan fingerprint density at radius 3 is 1.92 bits per heavy atom. The minimum atomic E-state index is -0.957. The molecule has 8 nitrogen and oxygen atoms in total. The zero-order valence-electron chi connectivity index (χ0n) is 15.5. The zero-order chi connectivity index (χ0) is 19.3. The molecular weight excluding hydrogens is 340 g/mol. The minimum Gasteiger partial charge on any atom is -0.496 e. The summed E-state index contributed by atoms with van der Waals surface area (Å²) in [6.45, 7) is 4.81. The molecule has 0 spiro atoms. The van der Waals surface area contributed by atoms with E-state index in [9.17, 15) is 14.4 Å². The van der Waals surface area contributed by atoms with Crippen LogP contribution in [-0.2, 0) is 14.3 Å². The Hall–Kier alpha value is -2.77. The molecule has 0 bridgehead atoms. The van der Waals surface area contributed by atoms with Gasteiger partial charge in [-0.05, 0) is 19.1 Å². The van der Waals surface area contributed by atoms with Crippen molar-refractivity contribution in [3.8, 4) is 11.5 Å². The van der Waals surface area contributed by atoms with Gasteiger partial charge in [-0.2, -0.15) is 0 Å². The van der Waals surface area contributed by atoms with Gasteiger partial charge in [-0.25, -0.2) is 4.79 Å². The van der Waals surface area contributed by atoms with E-state index in [1.54, 1.807) is 28.0 Å². The number of methoxy groups -OCH3 is 2. The van der Waals surface area contributed by atoms with Crippen LogP contribution in [0.15, 0.2) is 18.2 Å². The first-order chi connectivity index (χ1) is 12.4. The van der Waals surface area contributed by atoms with Crippen molar-refractivity contribution >= 4 is 17.8 Å². The Morgan fingerprint density at radius 1 is 0.962 bits per heavy atom. The molecule has 142 valence electrons. The van der Waals surface area contributed by atoms with Gasteiger partial charge in [0, 0.05) is 33.1 Å². The molecule has 1 heterocycles. The van der Waals surface area contributed by atoms with Gasteiger partial charge in [0.15, 0.2) is 6.10 Å². The van der Waals surface area contributed by atoms with E-state index in [1.807, 2.05) is 0 Å². The van der Waals surface area contributed by atoms with Gasteiger partial charge in [0.25, 0.3) is 5.91 Å². The Balaban J connectivity index is 2.03. The van der Waals surface area contributed by atoms with Gasteiger partial charge in [-0.15, -0.1) is 0 Å². The fraction of sp³-hybridized carbons (Fsp3) is 0.500. The molecule has 1 aliphatic rings. The number of hydrogen-bond donors (Lipinski definition) is 0. The van der Waals surface area contributed by atoms with E-state index >= 15 is 0 Å². The van der Waals surface area contributed by atoms with E-state index < -0.39 is 12.1 Å². The second-order valence-electron chi connectivity index (χ2n) is 5.92. The predicted octanol–water partition coefficient (Wildman–Crippen LogP) is 0.940. The lowest BCUT2D eigenvalue weighted by Gasteiger charge is -2.35. The quantitative estimate of drug-likeness (QED) is 0.723. The number of carbonyl (C=O) groups excluding carboxylic acids is 3. The number of hydrogen-bond acceptors (Lipinski definition) is 6. The largest absolute Gasteiger partial charge is 0.496 e. The Morgan fingerprint density at radius 2 is 1.46 bits per heavy atom. The molecule has 1 atom stereocenters. The van der Waals surface area contributed by atoms with Crippen molar-refractivity contribution in [2.75, 3.05) is 40.4 Å². The highest BCUT2D eigenvalue weighted by Gasteiger charge is 2.29. The highest BCUT2D eigenvalue weighted by Crippen LogP contribution is 2.29. The second kappa shape index (κ2) is 8.55. The van der Waals surface area contributed by atoms with Gasteiger partial charge in [0.2, 0.25) is 5.91 Å². The average molecular weight is 364 g/mol. The Kier molecular flexibility index (Phi) is 6.43. The average Bonchev–Trinajstić information content (AvgIpc) is 2.66. The van der Waals surface area contributed by atoms with Crippen LogP contribution in [0, 0.1) is 0 Å². The van der Waals surface area contributed by atoms with Crippen LogP contribution in [-0.4, -0.2) is 74.1 Å². The highest BCUT2D eigenvalue weighted by atomic mass is 16.6. The molecule has 1 aliphatic heterocycles. The highest BCUT2D eigenvalue weighted by molar-refractivity contribution is 5.97. The van der Waals surface area contributed by atoms with E-state index in [1.165, 1.54) is 28.1 Å². The van der Waals surface area contributed by atoms with Crippen molar-refractivity contribution in [1.29, 1.82) is 0 Å². The molecule has 0 aliphatic carbocycles. The molecule has 1 aromatic rings. The second-order valence-corrected chi connectivity index (χ2v) is 5.92. The predicted molar refractivity (Wildman–Crippen MR) is 93.3 cm³/mol. The van der Waals surface area contributed by atoms with Crippen LogP contribution in [0.1, 0.15) is 24.2 Å². The first-order valence-electron chi connectivity index (χ1n) is 8.35. The maximum atomic E-state index is 12.5. The summed E-state index contributed by atoms with van der Waals surface area (Å²) in [6, 6.07) is 4.93. The number of rotatable bonds is 5. The third kappa shape index (κ3) is 4.25. The van der Waals surface area contributed by atoms with Gasteiger partial charge in [-0.3, -0.25) is 9.59 Å².